The Morgan fingerprint density at radius 3 is 2.33 bits per heavy atom. The van der Waals surface area contributed by atoms with Gasteiger partial charge in [-0.05, 0) is 18.2 Å². The molecule has 0 spiro atoms. The fraction of sp³-hybridized carbons (Fsp3) is 0. The normalized spacial score (nSPS) is 9.71. The predicted molar refractivity (Wildman–Crippen MR) is 75.5 cm³/mol. The van der Waals surface area contributed by atoms with E-state index >= 15 is 0 Å². The highest BCUT2D eigenvalue weighted by atomic mass is 16.2. The van der Waals surface area contributed by atoms with Crippen molar-refractivity contribution in [1.82, 2.24) is 5.32 Å². The number of amides is 2. The number of benzene rings is 2. The van der Waals surface area contributed by atoms with Crippen LogP contribution in [0.2, 0.25) is 0 Å². The minimum atomic E-state index is -0.667. The zero-order valence-corrected chi connectivity index (χ0v) is 10.9. The Balaban J connectivity index is 2.20. The van der Waals surface area contributed by atoms with Crippen LogP contribution in [0.15, 0.2) is 48.5 Å². The van der Waals surface area contributed by atoms with Gasteiger partial charge < -0.3 is 0 Å². The second-order valence-corrected chi connectivity index (χ2v) is 4.23. The highest BCUT2D eigenvalue weighted by Crippen LogP contribution is 2.07. The SMILES string of the molecule is O=Cc1cccc(C(=O)NC(=O)c2ccccc2C=O)c1. The molecule has 0 aliphatic heterocycles. The van der Waals surface area contributed by atoms with E-state index in [2.05, 4.69) is 5.32 Å². The number of imide groups is 1. The van der Waals surface area contributed by atoms with Gasteiger partial charge in [0.15, 0.2) is 6.29 Å². The summed E-state index contributed by atoms with van der Waals surface area (Å²) in [6.07, 6.45) is 1.16. The fourth-order valence-electron chi connectivity index (χ4n) is 1.80. The zero-order valence-electron chi connectivity index (χ0n) is 10.9. The highest BCUT2D eigenvalue weighted by Gasteiger charge is 2.15. The van der Waals surface area contributed by atoms with Crippen molar-refractivity contribution in [3.8, 4) is 0 Å². The van der Waals surface area contributed by atoms with Crippen LogP contribution in [-0.2, 0) is 0 Å². The maximum absolute atomic E-state index is 12.0. The molecule has 0 radical (unpaired) electrons. The van der Waals surface area contributed by atoms with Gasteiger partial charge in [-0.3, -0.25) is 24.5 Å². The molecular formula is C16H11NO4. The van der Waals surface area contributed by atoms with Gasteiger partial charge in [0.05, 0.1) is 5.56 Å². The van der Waals surface area contributed by atoms with E-state index in [0.717, 1.165) is 0 Å². The van der Waals surface area contributed by atoms with E-state index in [4.69, 9.17) is 0 Å². The molecule has 104 valence electrons. The number of rotatable bonds is 4. The summed E-state index contributed by atoms with van der Waals surface area (Å²) in [5.74, 6) is -1.30. The molecule has 5 heteroatoms. The summed E-state index contributed by atoms with van der Waals surface area (Å²) < 4.78 is 0. The van der Waals surface area contributed by atoms with Gasteiger partial charge in [-0.2, -0.15) is 0 Å². The van der Waals surface area contributed by atoms with Crippen LogP contribution in [0.3, 0.4) is 0 Å². The minimum Gasteiger partial charge on any atom is -0.298 e. The molecule has 0 aromatic heterocycles. The van der Waals surface area contributed by atoms with Crippen molar-refractivity contribution in [2.75, 3.05) is 0 Å². The molecule has 1 N–H and O–H groups in total. The fourth-order valence-corrected chi connectivity index (χ4v) is 1.80. The smallest absolute Gasteiger partial charge is 0.258 e. The molecule has 0 saturated carbocycles. The van der Waals surface area contributed by atoms with Gasteiger partial charge >= 0.3 is 0 Å². The molecule has 0 atom stereocenters. The lowest BCUT2D eigenvalue weighted by Crippen LogP contribution is -2.31. The Morgan fingerprint density at radius 2 is 1.62 bits per heavy atom. The lowest BCUT2D eigenvalue weighted by Gasteiger charge is -2.06. The number of carbonyl (C=O) groups is 4. The van der Waals surface area contributed by atoms with Gasteiger partial charge in [0, 0.05) is 16.7 Å². The second kappa shape index (κ2) is 6.38. The zero-order chi connectivity index (χ0) is 15.2. The Labute approximate surface area is 120 Å². The second-order valence-electron chi connectivity index (χ2n) is 4.23. The minimum absolute atomic E-state index is 0.118. The Kier molecular flexibility index (Phi) is 4.36. The van der Waals surface area contributed by atoms with Gasteiger partial charge in [0.2, 0.25) is 0 Å². The Hall–Kier alpha value is -3.08. The summed E-state index contributed by atoms with van der Waals surface area (Å²) in [4.78, 5) is 45.5. The van der Waals surface area contributed by atoms with Crippen LogP contribution in [-0.4, -0.2) is 24.4 Å². The molecule has 5 nitrogen and oxygen atoms in total. The van der Waals surface area contributed by atoms with Crippen LogP contribution in [0.1, 0.15) is 41.4 Å². The van der Waals surface area contributed by atoms with Gasteiger partial charge in [-0.25, -0.2) is 0 Å². The number of hydrogen-bond donors (Lipinski definition) is 1. The van der Waals surface area contributed by atoms with E-state index in [-0.39, 0.29) is 16.7 Å². The molecule has 0 bridgehead atoms. The monoisotopic (exact) mass is 281 g/mol. The standard InChI is InChI=1S/C16H11NO4/c18-9-11-4-3-6-12(8-11)15(20)17-16(21)14-7-2-1-5-13(14)10-19/h1-10H,(H,17,20,21). The van der Waals surface area contributed by atoms with Crippen LogP contribution in [0.25, 0.3) is 0 Å². The molecule has 0 fully saturated rings. The summed E-state index contributed by atoms with van der Waals surface area (Å²) in [6.45, 7) is 0. The molecule has 0 unspecified atom stereocenters. The van der Waals surface area contributed by atoms with Gasteiger partial charge in [-0.15, -0.1) is 0 Å². The largest absolute Gasteiger partial charge is 0.298 e. The summed E-state index contributed by atoms with van der Waals surface area (Å²) in [6, 6.07) is 12.1. The summed E-state index contributed by atoms with van der Waals surface area (Å²) in [5.41, 5.74) is 0.844. The lowest BCUT2D eigenvalue weighted by molar-refractivity contribution is 0.0846. The van der Waals surface area contributed by atoms with Crippen molar-refractivity contribution in [2.24, 2.45) is 0 Å². The Bertz CT molecular complexity index is 722. The van der Waals surface area contributed by atoms with Crippen molar-refractivity contribution in [2.45, 2.75) is 0 Å². The van der Waals surface area contributed by atoms with Crippen LogP contribution in [0.5, 0.6) is 0 Å². The molecular weight excluding hydrogens is 270 g/mol. The third-order valence-corrected chi connectivity index (χ3v) is 2.84. The number of nitrogens with one attached hydrogen (secondary N) is 1. The average molecular weight is 281 g/mol. The predicted octanol–water partition coefficient (Wildman–Crippen LogP) is 1.88. The maximum Gasteiger partial charge on any atom is 0.258 e. The molecule has 2 aromatic carbocycles. The molecule has 21 heavy (non-hydrogen) atoms. The van der Waals surface area contributed by atoms with E-state index in [1.165, 1.54) is 24.3 Å². The van der Waals surface area contributed by atoms with Crippen LogP contribution in [0, 0.1) is 0 Å². The van der Waals surface area contributed by atoms with E-state index in [0.29, 0.717) is 18.1 Å². The van der Waals surface area contributed by atoms with E-state index in [1.807, 2.05) is 0 Å². The molecule has 2 rings (SSSR count). The maximum atomic E-state index is 12.0. The summed E-state index contributed by atoms with van der Waals surface area (Å²) >= 11 is 0. The molecule has 0 aliphatic rings. The third kappa shape index (κ3) is 3.27. The number of hydrogen-bond acceptors (Lipinski definition) is 4. The first-order valence-corrected chi connectivity index (χ1v) is 6.11. The van der Waals surface area contributed by atoms with E-state index in [1.54, 1.807) is 24.3 Å². The number of aldehydes is 2. The molecule has 2 aromatic rings. The average Bonchev–Trinajstić information content (AvgIpc) is 2.54. The summed E-state index contributed by atoms with van der Waals surface area (Å²) in [5, 5.41) is 2.19. The molecule has 2 amide bonds. The van der Waals surface area contributed by atoms with Gasteiger partial charge in [0.1, 0.15) is 6.29 Å². The lowest BCUT2D eigenvalue weighted by atomic mass is 10.1. The topological polar surface area (TPSA) is 80.3 Å². The first-order chi connectivity index (χ1) is 10.2. The summed E-state index contributed by atoms with van der Waals surface area (Å²) in [7, 11) is 0. The number of carbonyl (C=O) groups excluding carboxylic acids is 4. The van der Waals surface area contributed by atoms with E-state index in [9.17, 15) is 19.2 Å². The van der Waals surface area contributed by atoms with E-state index < -0.39 is 11.8 Å². The quantitative estimate of drug-likeness (QED) is 0.685. The first kappa shape index (κ1) is 14.3. The van der Waals surface area contributed by atoms with Crippen LogP contribution >= 0.6 is 0 Å². The molecule has 0 aliphatic carbocycles. The van der Waals surface area contributed by atoms with Crippen molar-refractivity contribution in [3.05, 3.63) is 70.8 Å². The Morgan fingerprint density at radius 1 is 0.857 bits per heavy atom. The first-order valence-electron chi connectivity index (χ1n) is 6.11. The van der Waals surface area contributed by atoms with Gasteiger partial charge in [0.25, 0.3) is 11.8 Å². The third-order valence-electron chi connectivity index (χ3n) is 2.84. The molecule has 0 saturated heterocycles. The van der Waals surface area contributed by atoms with Gasteiger partial charge in [-0.1, -0.05) is 30.3 Å². The van der Waals surface area contributed by atoms with Crippen molar-refractivity contribution >= 4 is 24.4 Å². The van der Waals surface area contributed by atoms with Crippen LogP contribution in [0.4, 0.5) is 0 Å². The van der Waals surface area contributed by atoms with Crippen molar-refractivity contribution in [3.63, 3.8) is 0 Å². The molecule has 0 heterocycles. The van der Waals surface area contributed by atoms with Crippen molar-refractivity contribution in [1.29, 1.82) is 0 Å². The van der Waals surface area contributed by atoms with Crippen molar-refractivity contribution < 1.29 is 19.2 Å². The van der Waals surface area contributed by atoms with Crippen LogP contribution < -0.4 is 5.32 Å². The highest BCUT2D eigenvalue weighted by molar-refractivity contribution is 6.12.